The maximum Gasteiger partial charge on any atom is 0.338 e. The molecule has 20 heavy (non-hydrogen) atoms. The van der Waals surface area contributed by atoms with Gasteiger partial charge in [-0.1, -0.05) is 18.2 Å². The topological polar surface area (TPSA) is 85.2 Å². The molecule has 2 rings (SSSR count). The number of hydrogen-bond acceptors (Lipinski definition) is 6. The van der Waals surface area contributed by atoms with E-state index >= 15 is 0 Å². The van der Waals surface area contributed by atoms with Crippen LogP contribution in [0.2, 0.25) is 0 Å². The smallest absolute Gasteiger partial charge is 0.338 e. The molecule has 0 bridgehead atoms. The fraction of sp³-hybridized carbons (Fsp3) is 0.500. The van der Waals surface area contributed by atoms with Gasteiger partial charge in [-0.25, -0.2) is 4.79 Å². The summed E-state index contributed by atoms with van der Waals surface area (Å²) in [5.74, 6) is -0.505. The zero-order chi connectivity index (χ0) is 14.5. The first-order valence-corrected chi connectivity index (χ1v) is 6.41. The van der Waals surface area contributed by atoms with Crippen LogP contribution in [0.15, 0.2) is 30.3 Å². The van der Waals surface area contributed by atoms with E-state index in [4.69, 9.17) is 14.2 Å². The van der Waals surface area contributed by atoms with Crippen molar-refractivity contribution < 1.29 is 29.2 Å². The van der Waals surface area contributed by atoms with Gasteiger partial charge in [0.25, 0.3) is 0 Å². The number of carbonyl (C=O) groups is 1. The lowest BCUT2D eigenvalue weighted by Gasteiger charge is -2.24. The van der Waals surface area contributed by atoms with Crippen molar-refractivity contribution in [1.29, 1.82) is 0 Å². The van der Waals surface area contributed by atoms with Crippen LogP contribution >= 0.6 is 0 Å². The molecule has 2 N–H and O–H groups in total. The Morgan fingerprint density at radius 2 is 1.95 bits per heavy atom. The van der Waals surface area contributed by atoms with Crippen LogP contribution in [0, 0.1) is 0 Å². The number of rotatable bonds is 3. The molecular formula is C14H18O6. The van der Waals surface area contributed by atoms with Crippen molar-refractivity contribution in [3.63, 3.8) is 0 Å². The Labute approximate surface area is 116 Å². The van der Waals surface area contributed by atoms with Crippen molar-refractivity contribution in [3.05, 3.63) is 35.9 Å². The second-order valence-electron chi connectivity index (χ2n) is 4.64. The molecule has 1 saturated heterocycles. The average Bonchev–Trinajstić information content (AvgIpc) is 2.60. The summed E-state index contributed by atoms with van der Waals surface area (Å²) in [5, 5.41) is 19.7. The third-order valence-electron chi connectivity index (χ3n) is 3.21. The van der Waals surface area contributed by atoms with E-state index in [1.165, 1.54) is 0 Å². The van der Waals surface area contributed by atoms with Gasteiger partial charge in [0, 0.05) is 0 Å². The van der Waals surface area contributed by atoms with Gasteiger partial charge in [-0.2, -0.15) is 0 Å². The van der Waals surface area contributed by atoms with Gasteiger partial charge in [0.15, 0.2) is 0 Å². The predicted octanol–water partition coefficient (Wildman–Crippen LogP) is 0.327. The van der Waals surface area contributed by atoms with E-state index in [0.29, 0.717) is 5.56 Å². The lowest BCUT2D eigenvalue weighted by Crippen LogP contribution is -2.44. The number of ether oxygens (including phenoxy) is 3. The highest BCUT2D eigenvalue weighted by molar-refractivity contribution is 5.89. The summed E-state index contributed by atoms with van der Waals surface area (Å²) in [7, 11) is 0. The highest BCUT2D eigenvalue weighted by Crippen LogP contribution is 2.16. The van der Waals surface area contributed by atoms with Gasteiger partial charge in [-0.3, -0.25) is 0 Å². The summed E-state index contributed by atoms with van der Waals surface area (Å²) in [6.07, 6.45) is -3.61. The van der Waals surface area contributed by atoms with Crippen LogP contribution in [-0.2, 0) is 14.2 Å². The minimum Gasteiger partial charge on any atom is -0.459 e. The second kappa shape index (κ2) is 6.81. The molecule has 6 nitrogen and oxygen atoms in total. The molecule has 4 unspecified atom stereocenters. The number of esters is 1. The number of aliphatic hydroxyl groups excluding tert-OH is 2. The summed E-state index contributed by atoms with van der Waals surface area (Å²) >= 11 is 0. The van der Waals surface area contributed by atoms with E-state index in [9.17, 15) is 15.0 Å². The van der Waals surface area contributed by atoms with E-state index in [1.807, 2.05) is 0 Å². The highest BCUT2D eigenvalue weighted by atomic mass is 16.7. The molecule has 1 aromatic carbocycles. The first kappa shape index (κ1) is 14.9. The Morgan fingerprint density at radius 3 is 2.65 bits per heavy atom. The van der Waals surface area contributed by atoms with Crippen LogP contribution in [0.4, 0.5) is 0 Å². The molecule has 0 amide bonds. The molecule has 110 valence electrons. The zero-order valence-electron chi connectivity index (χ0n) is 11.1. The number of benzene rings is 1. The summed E-state index contributed by atoms with van der Waals surface area (Å²) in [4.78, 5) is 11.8. The van der Waals surface area contributed by atoms with Crippen LogP contribution in [0.3, 0.4) is 0 Å². The number of hydrogen-bond donors (Lipinski definition) is 2. The molecule has 6 heteroatoms. The van der Waals surface area contributed by atoms with Crippen molar-refractivity contribution in [2.45, 2.75) is 31.3 Å². The standard InChI is InChI=1S/C14H18O6/c1-9-12(15)13(16)11(20-8-19-9)7-18-14(17)10-5-3-2-4-6-10/h2-6,9,11-13,15-16H,7-8H2,1H3. The lowest BCUT2D eigenvalue weighted by molar-refractivity contribution is -0.116. The van der Waals surface area contributed by atoms with Gasteiger partial charge in [0.2, 0.25) is 0 Å². The molecule has 0 radical (unpaired) electrons. The Kier molecular flexibility index (Phi) is 5.08. The Bertz CT molecular complexity index is 435. The molecular weight excluding hydrogens is 264 g/mol. The van der Waals surface area contributed by atoms with Crippen LogP contribution in [0.25, 0.3) is 0 Å². The van der Waals surface area contributed by atoms with E-state index in [0.717, 1.165) is 0 Å². The van der Waals surface area contributed by atoms with Gasteiger partial charge in [0.05, 0.1) is 11.7 Å². The molecule has 1 heterocycles. The minimum atomic E-state index is -1.17. The molecule has 0 aromatic heterocycles. The third kappa shape index (κ3) is 3.55. The SMILES string of the molecule is CC1OCOC(COC(=O)c2ccccc2)C(O)C1O. The maximum atomic E-state index is 11.8. The Balaban J connectivity index is 1.91. The first-order valence-electron chi connectivity index (χ1n) is 6.41. The molecule has 0 saturated carbocycles. The van der Waals surface area contributed by atoms with Gasteiger partial charge in [-0.15, -0.1) is 0 Å². The van der Waals surface area contributed by atoms with Gasteiger partial charge in [0.1, 0.15) is 31.7 Å². The van der Waals surface area contributed by atoms with Crippen LogP contribution < -0.4 is 0 Å². The highest BCUT2D eigenvalue weighted by Gasteiger charge is 2.35. The zero-order valence-corrected chi connectivity index (χ0v) is 11.1. The monoisotopic (exact) mass is 282 g/mol. The largest absolute Gasteiger partial charge is 0.459 e. The van der Waals surface area contributed by atoms with Crippen molar-refractivity contribution in [2.75, 3.05) is 13.4 Å². The van der Waals surface area contributed by atoms with E-state index in [-0.39, 0.29) is 13.4 Å². The molecule has 1 aromatic rings. The quantitative estimate of drug-likeness (QED) is 0.777. The maximum absolute atomic E-state index is 11.8. The van der Waals surface area contributed by atoms with Gasteiger partial charge in [-0.05, 0) is 19.1 Å². The second-order valence-corrected chi connectivity index (χ2v) is 4.64. The normalized spacial score (nSPS) is 30.6. The summed E-state index contributed by atoms with van der Waals surface area (Å²) in [5.41, 5.74) is 0.417. The molecule has 1 aliphatic rings. The van der Waals surface area contributed by atoms with Crippen LogP contribution in [0.1, 0.15) is 17.3 Å². The van der Waals surface area contributed by atoms with E-state index < -0.39 is 30.4 Å². The van der Waals surface area contributed by atoms with E-state index in [1.54, 1.807) is 37.3 Å². The van der Waals surface area contributed by atoms with Crippen LogP contribution in [0.5, 0.6) is 0 Å². The molecule has 1 fully saturated rings. The Hall–Kier alpha value is -1.47. The van der Waals surface area contributed by atoms with E-state index in [2.05, 4.69) is 0 Å². The molecule has 0 aliphatic carbocycles. The van der Waals surface area contributed by atoms with Gasteiger partial charge < -0.3 is 24.4 Å². The van der Waals surface area contributed by atoms with Crippen molar-refractivity contribution in [2.24, 2.45) is 0 Å². The predicted molar refractivity (Wildman–Crippen MR) is 69.0 cm³/mol. The minimum absolute atomic E-state index is 0.0666. The summed E-state index contributed by atoms with van der Waals surface area (Å²) < 4.78 is 15.5. The van der Waals surface area contributed by atoms with Crippen LogP contribution in [-0.4, -0.2) is 54.0 Å². The Morgan fingerprint density at radius 1 is 1.25 bits per heavy atom. The lowest BCUT2D eigenvalue weighted by atomic mass is 10.0. The third-order valence-corrected chi connectivity index (χ3v) is 3.21. The number of carbonyl (C=O) groups excluding carboxylic acids is 1. The summed E-state index contributed by atoms with van der Waals surface area (Å²) in [6.45, 7) is 1.42. The van der Waals surface area contributed by atoms with Crippen molar-refractivity contribution >= 4 is 5.97 Å². The van der Waals surface area contributed by atoms with Crippen molar-refractivity contribution in [1.82, 2.24) is 0 Å². The molecule has 1 aliphatic heterocycles. The number of aliphatic hydroxyl groups is 2. The average molecular weight is 282 g/mol. The molecule has 4 atom stereocenters. The fourth-order valence-corrected chi connectivity index (χ4v) is 1.89. The van der Waals surface area contributed by atoms with Crippen molar-refractivity contribution in [3.8, 4) is 0 Å². The first-order chi connectivity index (χ1) is 9.59. The fourth-order valence-electron chi connectivity index (χ4n) is 1.89. The van der Waals surface area contributed by atoms with Gasteiger partial charge >= 0.3 is 5.97 Å². The molecule has 0 spiro atoms. The summed E-state index contributed by atoms with van der Waals surface area (Å²) in [6, 6.07) is 8.52.